The summed E-state index contributed by atoms with van der Waals surface area (Å²) in [6.07, 6.45) is 4.44. The zero-order valence-electron chi connectivity index (χ0n) is 12.2. The molecule has 19 heavy (non-hydrogen) atoms. The van der Waals surface area contributed by atoms with Gasteiger partial charge in [0.25, 0.3) is 0 Å². The van der Waals surface area contributed by atoms with E-state index in [1.807, 2.05) is 0 Å². The molecule has 0 radical (unpaired) electrons. The number of fused-ring (bicyclic) bond motifs is 1. The largest absolute Gasteiger partial charge is 0.466 e. The molecule has 0 bridgehead atoms. The van der Waals surface area contributed by atoms with Crippen molar-refractivity contribution in [3.05, 3.63) is 23.3 Å². The minimum atomic E-state index is -0.494. The lowest BCUT2D eigenvalue weighted by Crippen LogP contribution is -2.41. The highest BCUT2D eigenvalue weighted by Crippen LogP contribution is 2.52. The van der Waals surface area contributed by atoms with E-state index in [1.54, 1.807) is 0 Å². The maximum absolute atomic E-state index is 11.6. The van der Waals surface area contributed by atoms with Crippen molar-refractivity contribution in [2.45, 2.75) is 52.1 Å². The van der Waals surface area contributed by atoms with Crippen LogP contribution in [0.15, 0.2) is 23.3 Å². The molecule has 2 rings (SSSR count). The minimum absolute atomic E-state index is 0.106. The van der Waals surface area contributed by atoms with Gasteiger partial charge in [-0.3, -0.25) is 0 Å². The first-order valence-electron chi connectivity index (χ1n) is 7.03. The van der Waals surface area contributed by atoms with Crippen molar-refractivity contribution in [2.75, 3.05) is 7.11 Å². The second-order valence-corrected chi connectivity index (χ2v) is 6.27. The predicted octanol–water partition coefficient (Wildman–Crippen LogP) is 2.99. The number of carbonyl (C=O) groups is 1. The SMILES string of the molecule is C=C(C(=O)OC)[C@H]1CC2=C(C)CCC[C@]2(C)C[C@@H]1O. The van der Waals surface area contributed by atoms with Crippen LogP contribution < -0.4 is 0 Å². The molecule has 3 heteroatoms. The Hall–Kier alpha value is -1.09. The maximum atomic E-state index is 11.6. The first-order valence-corrected chi connectivity index (χ1v) is 7.03. The van der Waals surface area contributed by atoms with Gasteiger partial charge >= 0.3 is 5.97 Å². The lowest BCUT2D eigenvalue weighted by atomic mass is 9.60. The van der Waals surface area contributed by atoms with E-state index in [9.17, 15) is 9.90 Å². The van der Waals surface area contributed by atoms with Gasteiger partial charge in [0.05, 0.1) is 13.2 Å². The van der Waals surface area contributed by atoms with Crippen LogP contribution in [0.5, 0.6) is 0 Å². The van der Waals surface area contributed by atoms with Crippen molar-refractivity contribution < 1.29 is 14.6 Å². The monoisotopic (exact) mass is 264 g/mol. The number of aliphatic hydroxyl groups is 1. The molecule has 3 atom stereocenters. The number of rotatable bonds is 2. The molecule has 0 aliphatic heterocycles. The topological polar surface area (TPSA) is 46.5 Å². The summed E-state index contributed by atoms with van der Waals surface area (Å²) in [7, 11) is 1.36. The maximum Gasteiger partial charge on any atom is 0.333 e. The number of methoxy groups -OCH3 is 1. The quantitative estimate of drug-likeness (QED) is 0.474. The summed E-state index contributed by atoms with van der Waals surface area (Å²) in [5, 5.41) is 10.4. The molecular weight excluding hydrogens is 240 g/mol. The van der Waals surface area contributed by atoms with Crippen molar-refractivity contribution in [3.8, 4) is 0 Å². The molecule has 0 saturated heterocycles. The summed E-state index contributed by atoms with van der Waals surface area (Å²) in [5.74, 6) is -0.592. The standard InChI is InChI=1S/C16H24O3/c1-10-6-5-7-16(3)9-14(17)12(8-13(10)16)11(2)15(18)19-4/h12,14,17H,2,5-9H2,1,3-4H3/t12-,14+,16-/m1/s1. The molecule has 0 heterocycles. The van der Waals surface area contributed by atoms with Gasteiger partial charge in [-0.25, -0.2) is 4.79 Å². The Morgan fingerprint density at radius 3 is 2.84 bits per heavy atom. The Labute approximate surface area is 115 Å². The van der Waals surface area contributed by atoms with E-state index in [2.05, 4.69) is 20.4 Å². The van der Waals surface area contributed by atoms with Crippen LogP contribution in [-0.4, -0.2) is 24.3 Å². The van der Waals surface area contributed by atoms with Crippen molar-refractivity contribution in [2.24, 2.45) is 11.3 Å². The number of aliphatic hydroxyl groups excluding tert-OH is 1. The number of ether oxygens (including phenoxy) is 1. The molecule has 1 saturated carbocycles. The average Bonchev–Trinajstić information content (AvgIpc) is 2.36. The third-order valence-corrected chi connectivity index (χ3v) is 4.97. The smallest absolute Gasteiger partial charge is 0.333 e. The van der Waals surface area contributed by atoms with Gasteiger partial charge in [0.1, 0.15) is 0 Å². The van der Waals surface area contributed by atoms with Gasteiger partial charge in [-0.2, -0.15) is 0 Å². The van der Waals surface area contributed by atoms with E-state index in [0.29, 0.717) is 5.57 Å². The number of esters is 1. The molecule has 0 spiro atoms. The molecule has 0 aromatic carbocycles. The van der Waals surface area contributed by atoms with Crippen LogP contribution in [0, 0.1) is 11.3 Å². The highest BCUT2D eigenvalue weighted by molar-refractivity contribution is 5.88. The van der Waals surface area contributed by atoms with Gasteiger partial charge in [-0.1, -0.05) is 24.6 Å². The summed E-state index contributed by atoms with van der Waals surface area (Å²) in [5.41, 5.74) is 3.37. The van der Waals surface area contributed by atoms with E-state index in [1.165, 1.54) is 24.7 Å². The highest BCUT2D eigenvalue weighted by Gasteiger charge is 2.44. The van der Waals surface area contributed by atoms with E-state index >= 15 is 0 Å². The Bertz CT molecular complexity index is 435. The van der Waals surface area contributed by atoms with Crippen LogP contribution in [0.25, 0.3) is 0 Å². The van der Waals surface area contributed by atoms with Gasteiger partial charge in [-0.05, 0) is 44.4 Å². The van der Waals surface area contributed by atoms with Crippen molar-refractivity contribution in [3.63, 3.8) is 0 Å². The lowest BCUT2D eigenvalue weighted by Gasteiger charge is -2.46. The zero-order valence-corrected chi connectivity index (χ0v) is 12.2. The van der Waals surface area contributed by atoms with Gasteiger partial charge < -0.3 is 9.84 Å². The number of carbonyl (C=O) groups excluding carboxylic acids is 1. The van der Waals surface area contributed by atoms with Crippen LogP contribution >= 0.6 is 0 Å². The fourth-order valence-electron chi connectivity index (χ4n) is 3.80. The van der Waals surface area contributed by atoms with Gasteiger partial charge in [0.2, 0.25) is 0 Å². The fraction of sp³-hybridized carbons (Fsp3) is 0.688. The zero-order chi connectivity index (χ0) is 14.2. The molecule has 1 N–H and O–H groups in total. The molecule has 0 aromatic rings. The summed E-state index contributed by atoms with van der Waals surface area (Å²) in [6, 6.07) is 0. The molecule has 0 unspecified atom stereocenters. The summed E-state index contributed by atoms with van der Waals surface area (Å²) in [4.78, 5) is 11.6. The molecule has 2 aliphatic rings. The fourth-order valence-corrected chi connectivity index (χ4v) is 3.80. The number of hydrogen-bond acceptors (Lipinski definition) is 3. The molecule has 0 aromatic heterocycles. The summed E-state index contributed by atoms with van der Waals surface area (Å²) in [6.45, 7) is 8.25. The Morgan fingerprint density at radius 2 is 2.21 bits per heavy atom. The van der Waals surface area contributed by atoms with Gasteiger partial charge in [-0.15, -0.1) is 0 Å². The Balaban J connectivity index is 2.27. The average molecular weight is 264 g/mol. The first-order chi connectivity index (χ1) is 8.89. The summed E-state index contributed by atoms with van der Waals surface area (Å²) < 4.78 is 4.74. The minimum Gasteiger partial charge on any atom is -0.466 e. The molecule has 2 aliphatic carbocycles. The molecule has 3 nitrogen and oxygen atoms in total. The second kappa shape index (κ2) is 5.12. The van der Waals surface area contributed by atoms with E-state index in [0.717, 1.165) is 25.7 Å². The van der Waals surface area contributed by atoms with Gasteiger partial charge in [0.15, 0.2) is 0 Å². The Morgan fingerprint density at radius 1 is 1.53 bits per heavy atom. The van der Waals surface area contributed by atoms with E-state index in [4.69, 9.17) is 4.74 Å². The predicted molar refractivity (Wildman–Crippen MR) is 74.5 cm³/mol. The molecule has 0 amide bonds. The lowest BCUT2D eigenvalue weighted by molar-refractivity contribution is -0.137. The normalized spacial score (nSPS) is 34.7. The van der Waals surface area contributed by atoms with Crippen molar-refractivity contribution in [1.29, 1.82) is 0 Å². The second-order valence-electron chi connectivity index (χ2n) is 6.27. The van der Waals surface area contributed by atoms with E-state index in [-0.39, 0.29) is 11.3 Å². The van der Waals surface area contributed by atoms with E-state index < -0.39 is 12.1 Å². The molecule has 106 valence electrons. The van der Waals surface area contributed by atoms with Crippen LogP contribution in [0.3, 0.4) is 0 Å². The molecule has 1 fully saturated rings. The van der Waals surface area contributed by atoms with Crippen LogP contribution in [0.1, 0.15) is 46.0 Å². The van der Waals surface area contributed by atoms with Crippen molar-refractivity contribution >= 4 is 5.97 Å². The van der Waals surface area contributed by atoms with Crippen molar-refractivity contribution in [1.82, 2.24) is 0 Å². The highest BCUT2D eigenvalue weighted by atomic mass is 16.5. The number of hydrogen-bond donors (Lipinski definition) is 1. The van der Waals surface area contributed by atoms with Crippen LogP contribution in [0.4, 0.5) is 0 Å². The van der Waals surface area contributed by atoms with Crippen LogP contribution in [0.2, 0.25) is 0 Å². The molecular formula is C16H24O3. The number of allylic oxidation sites excluding steroid dienone is 2. The third kappa shape index (κ3) is 2.48. The third-order valence-electron chi connectivity index (χ3n) is 4.97. The first kappa shape index (κ1) is 14.3. The van der Waals surface area contributed by atoms with Gasteiger partial charge in [0, 0.05) is 11.5 Å². The summed E-state index contributed by atoms with van der Waals surface area (Å²) >= 11 is 0. The van der Waals surface area contributed by atoms with Crippen LogP contribution in [-0.2, 0) is 9.53 Å². The Kier molecular flexibility index (Phi) is 3.86.